The summed E-state index contributed by atoms with van der Waals surface area (Å²) in [6, 6.07) is 5.15. The van der Waals surface area contributed by atoms with E-state index in [-0.39, 0.29) is 5.91 Å². The van der Waals surface area contributed by atoms with E-state index in [1.807, 2.05) is 27.7 Å². The Kier molecular flexibility index (Phi) is 3.17. The summed E-state index contributed by atoms with van der Waals surface area (Å²) in [6.07, 6.45) is 1.57. The van der Waals surface area contributed by atoms with Crippen LogP contribution in [0.4, 0.5) is 0 Å². The maximum absolute atomic E-state index is 11.9. The zero-order valence-corrected chi connectivity index (χ0v) is 11.1. The van der Waals surface area contributed by atoms with E-state index < -0.39 is 18.5 Å². The molecule has 0 atom stereocenters. The van der Waals surface area contributed by atoms with Crippen LogP contribution in [0.15, 0.2) is 24.4 Å². The van der Waals surface area contributed by atoms with Gasteiger partial charge in [-0.1, -0.05) is 6.07 Å². The number of nitrogens with zero attached hydrogens (tertiary/aromatic N) is 1. The molecule has 1 aromatic rings. The van der Waals surface area contributed by atoms with Gasteiger partial charge in [-0.15, -0.1) is 0 Å². The lowest BCUT2D eigenvalue weighted by Crippen LogP contribution is -2.42. The summed E-state index contributed by atoms with van der Waals surface area (Å²) < 4.78 is 11.3. The van der Waals surface area contributed by atoms with Gasteiger partial charge in [0.25, 0.3) is 5.91 Å². The average molecular weight is 248 g/mol. The predicted octanol–water partition coefficient (Wildman–Crippen LogP) is 1.40. The van der Waals surface area contributed by atoms with Crippen LogP contribution >= 0.6 is 0 Å². The first-order chi connectivity index (χ1) is 8.32. The van der Waals surface area contributed by atoms with E-state index in [1.54, 1.807) is 24.4 Å². The Bertz CT molecular complexity index is 432. The van der Waals surface area contributed by atoms with Crippen LogP contribution in [0.2, 0.25) is 0 Å². The van der Waals surface area contributed by atoms with Crippen molar-refractivity contribution in [1.29, 1.82) is 0 Å². The minimum atomic E-state index is -0.746. The molecule has 18 heavy (non-hydrogen) atoms. The molecule has 2 rings (SSSR count). The van der Waals surface area contributed by atoms with Crippen LogP contribution in [0.25, 0.3) is 0 Å². The monoisotopic (exact) mass is 248 g/mol. The molecule has 1 fully saturated rings. The van der Waals surface area contributed by atoms with Crippen LogP contribution in [0.3, 0.4) is 0 Å². The van der Waals surface area contributed by atoms with Crippen LogP contribution in [0.1, 0.15) is 38.2 Å². The van der Waals surface area contributed by atoms with Gasteiger partial charge >= 0.3 is 7.25 Å². The van der Waals surface area contributed by atoms with E-state index in [2.05, 4.69) is 10.2 Å². The van der Waals surface area contributed by atoms with Crippen molar-refractivity contribution >= 4 is 13.2 Å². The summed E-state index contributed by atoms with van der Waals surface area (Å²) in [4.78, 5) is 15.9. The quantitative estimate of drug-likeness (QED) is 0.803. The molecule has 2 heterocycles. The smallest absolute Gasteiger partial charge is 0.384 e. The third-order valence-electron chi connectivity index (χ3n) is 3.40. The fraction of sp³-hybridized carbons (Fsp3) is 0.500. The number of aromatic nitrogens is 1. The summed E-state index contributed by atoms with van der Waals surface area (Å²) in [6.45, 7) is 7.72. The third kappa shape index (κ3) is 2.39. The lowest BCUT2D eigenvalue weighted by atomic mass is 9.90. The molecular weight excluding hydrogens is 231 g/mol. The summed E-state index contributed by atoms with van der Waals surface area (Å²) in [5, 5.41) is 2.66. The summed E-state index contributed by atoms with van der Waals surface area (Å²) in [5.41, 5.74) is -0.586. The second kappa shape index (κ2) is 4.37. The molecule has 0 saturated carbocycles. The van der Waals surface area contributed by atoms with Gasteiger partial charge < -0.3 is 14.5 Å². The fourth-order valence-electron chi connectivity index (χ4n) is 1.58. The maximum Gasteiger partial charge on any atom is 0.594 e. The highest BCUT2D eigenvalue weighted by Crippen LogP contribution is 2.35. The number of carbonyl (C=O) groups excluding carboxylic acids is 1. The predicted molar refractivity (Wildman–Crippen MR) is 67.8 cm³/mol. The van der Waals surface area contributed by atoms with Gasteiger partial charge in [0.15, 0.2) is 0 Å². The van der Waals surface area contributed by atoms with Crippen LogP contribution in [0, 0.1) is 0 Å². The molecule has 1 amide bonds. The van der Waals surface area contributed by atoms with Gasteiger partial charge in [0.2, 0.25) is 0 Å². The minimum Gasteiger partial charge on any atom is -0.384 e. The van der Waals surface area contributed by atoms with Crippen molar-refractivity contribution < 1.29 is 14.1 Å². The molecule has 6 heteroatoms. The van der Waals surface area contributed by atoms with Gasteiger partial charge in [-0.05, 0) is 39.8 Å². The lowest BCUT2D eigenvalue weighted by Gasteiger charge is -2.32. The first kappa shape index (κ1) is 13.0. The molecule has 1 aliphatic heterocycles. The van der Waals surface area contributed by atoms with E-state index in [0.717, 1.165) is 0 Å². The molecule has 1 aliphatic rings. The largest absolute Gasteiger partial charge is 0.594 e. The molecule has 1 aromatic heterocycles. The second-order valence-electron chi connectivity index (χ2n) is 5.28. The van der Waals surface area contributed by atoms with Gasteiger partial charge in [0, 0.05) is 6.20 Å². The van der Waals surface area contributed by atoms with Crippen molar-refractivity contribution in [2.45, 2.75) is 38.9 Å². The van der Waals surface area contributed by atoms with Crippen molar-refractivity contribution in [3.63, 3.8) is 0 Å². The Hall–Kier alpha value is -1.40. The molecule has 0 spiro atoms. The number of nitrogens with one attached hydrogen (secondary N) is 1. The first-order valence-corrected chi connectivity index (χ1v) is 5.89. The molecule has 0 radical (unpaired) electrons. The zero-order chi connectivity index (χ0) is 13.4. The standard InChI is InChI=1S/C12H17BN2O3/c1-11(2)12(3,4)18-13(17-11)15-10(16)9-7-5-6-8-14-9/h5-8H,1-4H3,(H,15,16). The van der Waals surface area contributed by atoms with Gasteiger partial charge in [0.05, 0.1) is 11.2 Å². The number of hydrogen-bond acceptors (Lipinski definition) is 4. The van der Waals surface area contributed by atoms with Crippen molar-refractivity contribution in [2.24, 2.45) is 0 Å². The van der Waals surface area contributed by atoms with Crippen molar-refractivity contribution in [3.05, 3.63) is 30.1 Å². The molecular formula is C12H17BN2O3. The Morgan fingerprint density at radius 1 is 1.22 bits per heavy atom. The molecule has 0 bridgehead atoms. The molecule has 0 unspecified atom stereocenters. The van der Waals surface area contributed by atoms with Crippen molar-refractivity contribution in [3.8, 4) is 0 Å². The third-order valence-corrected chi connectivity index (χ3v) is 3.40. The van der Waals surface area contributed by atoms with Gasteiger partial charge in [-0.2, -0.15) is 0 Å². The topological polar surface area (TPSA) is 60.5 Å². The van der Waals surface area contributed by atoms with Gasteiger partial charge in [0.1, 0.15) is 5.69 Å². The second-order valence-corrected chi connectivity index (χ2v) is 5.28. The van der Waals surface area contributed by atoms with E-state index in [4.69, 9.17) is 9.31 Å². The molecule has 0 aromatic carbocycles. The summed E-state index contributed by atoms with van der Waals surface area (Å²) in [7, 11) is -0.746. The molecule has 96 valence electrons. The number of amides is 1. The van der Waals surface area contributed by atoms with Crippen LogP contribution in [-0.2, 0) is 9.31 Å². The van der Waals surface area contributed by atoms with E-state index in [1.165, 1.54) is 0 Å². The van der Waals surface area contributed by atoms with Crippen molar-refractivity contribution in [1.82, 2.24) is 10.2 Å². The van der Waals surface area contributed by atoms with E-state index in [9.17, 15) is 4.79 Å². The number of hydrogen-bond donors (Lipinski definition) is 1. The molecule has 1 N–H and O–H groups in total. The summed E-state index contributed by atoms with van der Waals surface area (Å²) >= 11 is 0. The highest BCUT2D eigenvalue weighted by atomic mass is 16.7. The van der Waals surface area contributed by atoms with Crippen molar-refractivity contribution in [2.75, 3.05) is 0 Å². The Morgan fingerprint density at radius 3 is 2.33 bits per heavy atom. The number of rotatable bonds is 2. The number of carbonyl (C=O) groups is 1. The average Bonchev–Trinajstić information content (AvgIpc) is 2.48. The Morgan fingerprint density at radius 2 is 1.83 bits per heavy atom. The molecule has 5 nitrogen and oxygen atoms in total. The Labute approximate surface area is 107 Å². The van der Waals surface area contributed by atoms with E-state index >= 15 is 0 Å². The SMILES string of the molecule is CC1(C)OB(NC(=O)c2ccccn2)OC1(C)C. The highest BCUT2D eigenvalue weighted by molar-refractivity contribution is 6.47. The first-order valence-electron chi connectivity index (χ1n) is 5.89. The maximum atomic E-state index is 11.9. The Balaban J connectivity index is 2.03. The van der Waals surface area contributed by atoms with Gasteiger partial charge in [-0.25, -0.2) is 0 Å². The number of pyridine rings is 1. The van der Waals surface area contributed by atoms with Gasteiger partial charge in [-0.3, -0.25) is 9.78 Å². The normalized spacial score (nSPS) is 20.8. The minimum absolute atomic E-state index is 0.311. The van der Waals surface area contributed by atoms with Crippen LogP contribution in [-0.4, -0.2) is 29.3 Å². The molecule has 0 aliphatic carbocycles. The van der Waals surface area contributed by atoms with Crippen LogP contribution in [0.5, 0.6) is 0 Å². The van der Waals surface area contributed by atoms with Crippen LogP contribution < -0.4 is 5.23 Å². The summed E-state index contributed by atoms with van der Waals surface area (Å²) in [5.74, 6) is -0.311. The fourth-order valence-corrected chi connectivity index (χ4v) is 1.58. The van der Waals surface area contributed by atoms with E-state index in [0.29, 0.717) is 5.69 Å². The highest BCUT2D eigenvalue weighted by Gasteiger charge is 2.52. The molecule has 1 saturated heterocycles. The zero-order valence-electron chi connectivity index (χ0n) is 11.1. The lowest BCUT2D eigenvalue weighted by molar-refractivity contribution is 0.00578.